The Morgan fingerprint density at radius 1 is 1.06 bits per heavy atom. The lowest BCUT2D eigenvalue weighted by Gasteiger charge is -2.58. The van der Waals surface area contributed by atoms with Gasteiger partial charge in [0, 0.05) is 5.92 Å². The van der Waals surface area contributed by atoms with Crippen LogP contribution in [-0.2, 0) is 16.6 Å². The number of Topliss-reactive ketones (excluding diaryl/α,β-unsaturated/α-hetero) is 1. The zero-order valence-corrected chi connectivity index (χ0v) is 10.8. The summed E-state index contributed by atoms with van der Waals surface area (Å²) >= 11 is 0. The Morgan fingerprint density at radius 3 is 2.83 bits per heavy atom. The van der Waals surface area contributed by atoms with Crippen molar-refractivity contribution < 1.29 is 4.79 Å². The largest absolute Gasteiger partial charge is 0.298 e. The molecule has 0 aromatic heterocycles. The average molecular weight is 240 g/mol. The van der Waals surface area contributed by atoms with Gasteiger partial charge in [-0.15, -0.1) is 0 Å². The normalized spacial score (nSPS) is 37.9. The van der Waals surface area contributed by atoms with E-state index in [0.29, 0.717) is 17.6 Å². The molecule has 0 aliphatic heterocycles. The molecule has 1 spiro atoms. The third kappa shape index (κ3) is 1.15. The van der Waals surface area contributed by atoms with Crippen molar-refractivity contribution in [2.45, 2.75) is 50.4 Å². The van der Waals surface area contributed by atoms with Gasteiger partial charge in [-0.25, -0.2) is 0 Å². The summed E-state index contributed by atoms with van der Waals surface area (Å²) in [4.78, 5) is 12.7. The first-order chi connectivity index (χ1) is 8.84. The fourth-order valence-electron chi connectivity index (χ4n) is 4.96. The predicted octanol–water partition coefficient (Wildman–Crippen LogP) is 3.65. The van der Waals surface area contributed by atoms with Gasteiger partial charge in [0.05, 0.1) is 5.41 Å². The number of rotatable bonds is 0. The molecule has 0 radical (unpaired) electrons. The van der Waals surface area contributed by atoms with Crippen LogP contribution in [0.3, 0.4) is 0 Å². The lowest BCUT2D eigenvalue weighted by Crippen LogP contribution is -2.62. The van der Waals surface area contributed by atoms with Gasteiger partial charge in [-0.05, 0) is 49.1 Å². The maximum absolute atomic E-state index is 12.7. The predicted molar refractivity (Wildman–Crippen MR) is 71.5 cm³/mol. The molecule has 0 N–H and O–H groups in total. The van der Waals surface area contributed by atoms with Crippen molar-refractivity contribution in [2.24, 2.45) is 11.8 Å². The Bertz CT molecular complexity index is 504. The Labute approximate surface area is 109 Å². The standard InChI is InChI=1S/C17H20O/c18-16-13-8-2-4-10-15(13)17(16)11-5-7-12-6-1-3-9-14(12)17/h1,3,6,9,13,15H,2,4-5,7-8,10-11H2/t13-,15+,17+/m0/s1. The van der Waals surface area contributed by atoms with Gasteiger partial charge in [0.15, 0.2) is 0 Å². The molecule has 0 unspecified atom stereocenters. The number of fused-ring (bicyclic) bond motifs is 4. The summed E-state index contributed by atoms with van der Waals surface area (Å²) in [5.74, 6) is 1.66. The van der Waals surface area contributed by atoms with Crippen LogP contribution in [0, 0.1) is 11.8 Å². The molecule has 4 rings (SSSR count). The van der Waals surface area contributed by atoms with Gasteiger partial charge >= 0.3 is 0 Å². The molecule has 3 aliphatic carbocycles. The van der Waals surface area contributed by atoms with E-state index in [1.165, 1.54) is 43.2 Å². The van der Waals surface area contributed by atoms with Crippen molar-refractivity contribution in [3.05, 3.63) is 35.4 Å². The second-order valence-electron chi connectivity index (χ2n) is 6.34. The van der Waals surface area contributed by atoms with Crippen molar-refractivity contribution in [3.63, 3.8) is 0 Å². The summed E-state index contributed by atoms with van der Waals surface area (Å²) in [5, 5.41) is 0. The van der Waals surface area contributed by atoms with E-state index in [1.807, 2.05) is 0 Å². The summed E-state index contributed by atoms with van der Waals surface area (Å²) in [6, 6.07) is 8.71. The molecule has 0 bridgehead atoms. The Balaban J connectivity index is 1.83. The molecule has 18 heavy (non-hydrogen) atoms. The van der Waals surface area contributed by atoms with Crippen molar-refractivity contribution in [2.75, 3.05) is 0 Å². The van der Waals surface area contributed by atoms with Crippen molar-refractivity contribution in [1.82, 2.24) is 0 Å². The zero-order valence-electron chi connectivity index (χ0n) is 10.8. The monoisotopic (exact) mass is 240 g/mol. The summed E-state index contributed by atoms with van der Waals surface area (Å²) in [5.41, 5.74) is 2.78. The summed E-state index contributed by atoms with van der Waals surface area (Å²) < 4.78 is 0. The second kappa shape index (κ2) is 3.69. The Hall–Kier alpha value is -1.11. The van der Waals surface area contributed by atoms with Crippen LogP contribution < -0.4 is 0 Å². The van der Waals surface area contributed by atoms with Gasteiger partial charge < -0.3 is 0 Å². The van der Waals surface area contributed by atoms with E-state index in [1.54, 1.807) is 0 Å². The van der Waals surface area contributed by atoms with Gasteiger partial charge in [0.2, 0.25) is 0 Å². The number of carbonyl (C=O) groups is 1. The minimum Gasteiger partial charge on any atom is -0.298 e. The molecule has 1 aromatic rings. The molecule has 1 heteroatoms. The van der Waals surface area contributed by atoms with Crippen LogP contribution in [0.1, 0.15) is 49.7 Å². The number of aryl methyl sites for hydroxylation is 1. The molecule has 0 heterocycles. The SMILES string of the molecule is O=C1[C@H]2CCCC[C@H]2[C@]12CCCc1ccccc12. The highest BCUT2D eigenvalue weighted by Gasteiger charge is 2.62. The minimum absolute atomic E-state index is 0.0556. The number of ketones is 1. The van der Waals surface area contributed by atoms with E-state index >= 15 is 0 Å². The zero-order chi connectivity index (χ0) is 12.2. The molecule has 0 amide bonds. The number of benzene rings is 1. The van der Waals surface area contributed by atoms with E-state index < -0.39 is 0 Å². The molecular weight excluding hydrogens is 220 g/mol. The number of hydrogen-bond acceptors (Lipinski definition) is 1. The van der Waals surface area contributed by atoms with E-state index in [9.17, 15) is 4.79 Å². The van der Waals surface area contributed by atoms with E-state index in [-0.39, 0.29) is 5.41 Å². The van der Waals surface area contributed by atoms with Gasteiger partial charge in [-0.2, -0.15) is 0 Å². The van der Waals surface area contributed by atoms with Crippen LogP contribution in [0.25, 0.3) is 0 Å². The molecule has 94 valence electrons. The average Bonchev–Trinajstić information content (AvgIpc) is 2.46. The Morgan fingerprint density at radius 2 is 1.89 bits per heavy atom. The van der Waals surface area contributed by atoms with Crippen molar-refractivity contribution >= 4 is 5.78 Å². The highest BCUT2D eigenvalue weighted by atomic mass is 16.1. The van der Waals surface area contributed by atoms with Gasteiger partial charge in [0.25, 0.3) is 0 Å². The highest BCUT2D eigenvalue weighted by molar-refractivity contribution is 5.99. The lowest BCUT2D eigenvalue weighted by atomic mass is 9.43. The second-order valence-corrected chi connectivity index (χ2v) is 6.34. The maximum Gasteiger partial charge on any atom is 0.147 e. The molecule has 1 aromatic carbocycles. The van der Waals surface area contributed by atoms with Crippen molar-refractivity contribution in [1.29, 1.82) is 0 Å². The van der Waals surface area contributed by atoms with E-state index in [4.69, 9.17) is 0 Å². The molecule has 3 aliphatic rings. The third-order valence-corrected chi connectivity index (χ3v) is 5.69. The first-order valence-corrected chi connectivity index (χ1v) is 7.47. The third-order valence-electron chi connectivity index (χ3n) is 5.69. The van der Waals surface area contributed by atoms with Crippen molar-refractivity contribution in [3.8, 4) is 0 Å². The first-order valence-electron chi connectivity index (χ1n) is 7.47. The van der Waals surface area contributed by atoms with E-state index in [0.717, 1.165) is 12.8 Å². The van der Waals surface area contributed by atoms with Crippen LogP contribution in [-0.4, -0.2) is 5.78 Å². The maximum atomic E-state index is 12.7. The quantitative estimate of drug-likeness (QED) is 0.676. The van der Waals surface area contributed by atoms with Gasteiger partial charge in [-0.1, -0.05) is 37.1 Å². The molecule has 0 saturated heterocycles. The molecule has 2 fully saturated rings. The molecule has 2 saturated carbocycles. The summed E-state index contributed by atoms with van der Waals surface area (Å²) in [6.07, 6.45) is 8.53. The fourth-order valence-corrected chi connectivity index (χ4v) is 4.96. The Kier molecular flexibility index (Phi) is 2.21. The topological polar surface area (TPSA) is 17.1 Å². The number of carbonyl (C=O) groups excluding carboxylic acids is 1. The van der Waals surface area contributed by atoms with Crippen LogP contribution in [0.4, 0.5) is 0 Å². The van der Waals surface area contributed by atoms with Crippen LogP contribution in [0.15, 0.2) is 24.3 Å². The fraction of sp³-hybridized carbons (Fsp3) is 0.588. The first kappa shape index (κ1) is 10.8. The van der Waals surface area contributed by atoms with Gasteiger partial charge in [-0.3, -0.25) is 4.79 Å². The summed E-state index contributed by atoms with van der Waals surface area (Å²) in [7, 11) is 0. The van der Waals surface area contributed by atoms with Gasteiger partial charge in [0.1, 0.15) is 5.78 Å². The molecule has 3 atom stereocenters. The smallest absolute Gasteiger partial charge is 0.147 e. The van der Waals surface area contributed by atoms with Crippen LogP contribution in [0.2, 0.25) is 0 Å². The molecular formula is C17H20O. The summed E-state index contributed by atoms with van der Waals surface area (Å²) in [6.45, 7) is 0. The van der Waals surface area contributed by atoms with Crippen LogP contribution in [0.5, 0.6) is 0 Å². The minimum atomic E-state index is -0.0556. The van der Waals surface area contributed by atoms with E-state index in [2.05, 4.69) is 24.3 Å². The number of hydrogen-bond donors (Lipinski definition) is 0. The highest BCUT2D eigenvalue weighted by Crippen LogP contribution is 2.60. The molecule has 1 nitrogen and oxygen atoms in total. The van der Waals surface area contributed by atoms with Crippen LogP contribution >= 0.6 is 0 Å². The lowest BCUT2D eigenvalue weighted by molar-refractivity contribution is -0.152.